The number of allylic oxidation sites excluding steroid dienone is 2. The van der Waals surface area contributed by atoms with Crippen molar-refractivity contribution in [3.05, 3.63) is 48.2 Å². The summed E-state index contributed by atoms with van der Waals surface area (Å²) in [6, 6.07) is 5.66. The van der Waals surface area contributed by atoms with Crippen LogP contribution in [-0.2, 0) is 11.4 Å². The Morgan fingerprint density at radius 2 is 2.04 bits per heavy atom. The summed E-state index contributed by atoms with van der Waals surface area (Å²) in [5, 5.41) is 4.76. The average Bonchev–Trinajstić information content (AvgIpc) is 2.57. The van der Waals surface area contributed by atoms with Gasteiger partial charge in [-0.25, -0.2) is 10.1 Å². The molecule has 6 nitrogen and oxygen atoms in total. The van der Waals surface area contributed by atoms with Crippen molar-refractivity contribution in [1.82, 2.24) is 10.4 Å². The SMILES string of the molecule is C=C(/C=C\C)/N=C(/NCc1ccc(OC)cc1OC)N(C)OC. The van der Waals surface area contributed by atoms with Gasteiger partial charge in [0.1, 0.15) is 11.5 Å². The molecule has 0 unspecified atom stereocenters. The second-order valence-corrected chi connectivity index (χ2v) is 4.64. The average molecular weight is 319 g/mol. The lowest BCUT2D eigenvalue weighted by Crippen LogP contribution is -2.37. The molecule has 0 aliphatic rings. The molecule has 126 valence electrons. The van der Waals surface area contributed by atoms with Crippen LogP contribution >= 0.6 is 0 Å². The zero-order valence-electron chi connectivity index (χ0n) is 14.4. The Balaban J connectivity index is 2.92. The standard InChI is InChI=1S/C17H25N3O3/c1-7-8-13(2)19-17(20(3)23-6)18-12-14-9-10-15(21-4)11-16(14)22-5/h7-11H,2,12H2,1,3-6H3,(H,18,19)/b8-7-. The fraction of sp³-hybridized carbons (Fsp3) is 0.353. The number of rotatable bonds is 7. The molecule has 0 amide bonds. The summed E-state index contributed by atoms with van der Waals surface area (Å²) in [6.07, 6.45) is 3.70. The van der Waals surface area contributed by atoms with E-state index in [4.69, 9.17) is 14.3 Å². The minimum absolute atomic E-state index is 0.517. The highest BCUT2D eigenvalue weighted by molar-refractivity contribution is 5.80. The first kappa shape index (κ1) is 18.6. The molecule has 1 aromatic rings. The van der Waals surface area contributed by atoms with E-state index in [0.717, 1.165) is 17.1 Å². The summed E-state index contributed by atoms with van der Waals surface area (Å²) in [5.41, 5.74) is 1.60. The van der Waals surface area contributed by atoms with Crippen molar-refractivity contribution in [2.24, 2.45) is 4.99 Å². The first-order valence-corrected chi connectivity index (χ1v) is 7.18. The summed E-state index contributed by atoms with van der Waals surface area (Å²) < 4.78 is 10.6. The molecular formula is C17H25N3O3. The topological polar surface area (TPSA) is 55.3 Å². The van der Waals surface area contributed by atoms with E-state index in [1.165, 1.54) is 5.06 Å². The van der Waals surface area contributed by atoms with Crippen molar-refractivity contribution in [2.75, 3.05) is 28.4 Å². The third kappa shape index (κ3) is 5.67. The third-order valence-electron chi connectivity index (χ3n) is 3.11. The number of benzene rings is 1. The fourth-order valence-corrected chi connectivity index (χ4v) is 1.85. The van der Waals surface area contributed by atoms with Crippen molar-refractivity contribution in [1.29, 1.82) is 0 Å². The number of hydrogen-bond acceptors (Lipinski definition) is 4. The van der Waals surface area contributed by atoms with Crippen LogP contribution in [0.1, 0.15) is 12.5 Å². The van der Waals surface area contributed by atoms with Crippen LogP contribution in [0.3, 0.4) is 0 Å². The molecule has 0 aliphatic carbocycles. The molecule has 1 N–H and O–H groups in total. The summed E-state index contributed by atoms with van der Waals surface area (Å²) in [4.78, 5) is 9.60. The Kier molecular flexibility index (Phi) is 7.70. The van der Waals surface area contributed by atoms with Crippen LogP contribution in [0.25, 0.3) is 0 Å². The molecule has 6 heteroatoms. The number of nitrogens with one attached hydrogen (secondary N) is 1. The Morgan fingerprint density at radius 3 is 2.61 bits per heavy atom. The Morgan fingerprint density at radius 1 is 1.30 bits per heavy atom. The van der Waals surface area contributed by atoms with Crippen LogP contribution in [-0.4, -0.2) is 39.4 Å². The van der Waals surface area contributed by atoms with Crippen LogP contribution in [0.2, 0.25) is 0 Å². The molecule has 0 fully saturated rings. The zero-order chi connectivity index (χ0) is 17.2. The monoisotopic (exact) mass is 319 g/mol. The van der Waals surface area contributed by atoms with Crippen molar-refractivity contribution < 1.29 is 14.3 Å². The fourth-order valence-electron chi connectivity index (χ4n) is 1.85. The van der Waals surface area contributed by atoms with Gasteiger partial charge >= 0.3 is 0 Å². The normalized spacial score (nSPS) is 11.4. The summed E-state index contributed by atoms with van der Waals surface area (Å²) in [6.45, 7) is 6.30. The van der Waals surface area contributed by atoms with Crippen LogP contribution < -0.4 is 14.8 Å². The first-order valence-electron chi connectivity index (χ1n) is 7.18. The predicted molar refractivity (Wildman–Crippen MR) is 92.5 cm³/mol. The van der Waals surface area contributed by atoms with E-state index in [1.54, 1.807) is 28.4 Å². The van der Waals surface area contributed by atoms with E-state index in [9.17, 15) is 0 Å². The number of methoxy groups -OCH3 is 2. The molecule has 0 saturated heterocycles. The van der Waals surface area contributed by atoms with Gasteiger partial charge in [-0.15, -0.1) is 0 Å². The van der Waals surface area contributed by atoms with E-state index in [-0.39, 0.29) is 0 Å². The van der Waals surface area contributed by atoms with Gasteiger partial charge < -0.3 is 14.8 Å². The molecular weight excluding hydrogens is 294 g/mol. The lowest BCUT2D eigenvalue weighted by Gasteiger charge is -2.20. The quantitative estimate of drug-likeness (QED) is 0.362. The minimum Gasteiger partial charge on any atom is -0.497 e. The largest absolute Gasteiger partial charge is 0.497 e. The van der Waals surface area contributed by atoms with E-state index >= 15 is 0 Å². The lowest BCUT2D eigenvalue weighted by atomic mass is 10.2. The maximum absolute atomic E-state index is 5.39. The first-order chi connectivity index (χ1) is 11.0. The molecule has 0 spiro atoms. The maximum atomic E-state index is 5.39. The lowest BCUT2D eigenvalue weighted by molar-refractivity contribution is -0.0453. The van der Waals surface area contributed by atoms with Gasteiger partial charge in [0.15, 0.2) is 0 Å². The maximum Gasteiger partial charge on any atom is 0.223 e. The van der Waals surface area contributed by atoms with Crippen molar-refractivity contribution in [2.45, 2.75) is 13.5 Å². The molecule has 0 aromatic heterocycles. The third-order valence-corrected chi connectivity index (χ3v) is 3.11. The van der Waals surface area contributed by atoms with Crippen LogP contribution in [0.5, 0.6) is 11.5 Å². The molecule has 0 heterocycles. The second-order valence-electron chi connectivity index (χ2n) is 4.64. The van der Waals surface area contributed by atoms with Gasteiger partial charge in [0.2, 0.25) is 5.96 Å². The molecule has 0 aliphatic heterocycles. The highest BCUT2D eigenvalue weighted by Gasteiger charge is 2.09. The number of aliphatic imine (C=N–C) groups is 1. The van der Waals surface area contributed by atoms with Crippen LogP contribution in [0.15, 0.2) is 47.6 Å². The van der Waals surface area contributed by atoms with E-state index in [2.05, 4.69) is 16.9 Å². The molecule has 1 aromatic carbocycles. The van der Waals surface area contributed by atoms with Crippen molar-refractivity contribution in [3.8, 4) is 11.5 Å². The molecule has 23 heavy (non-hydrogen) atoms. The van der Waals surface area contributed by atoms with Gasteiger partial charge in [0.05, 0.1) is 27.0 Å². The summed E-state index contributed by atoms with van der Waals surface area (Å²) in [5.74, 6) is 2.03. The Bertz CT molecular complexity index is 582. The summed E-state index contributed by atoms with van der Waals surface area (Å²) in [7, 11) is 6.59. The zero-order valence-corrected chi connectivity index (χ0v) is 14.4. The number of nitrogens with zero attached hydrogens (tertiary/aromatic N) is 2. The molecule has 0 saturated carbocycles. The second kappa shape index (κ2) is 9.53. The van der Waals surface area contributed by atoms with Gasteiger partial charge in [-0.05, 0) is 25.1 Å². The van der Waals surface area contributed by atoms with Crippen LogP contribution in [0.4, 0.5) is 0 Å². The number of hydrogen-bond donors (Lipinski definition) is 1. The van der Waals surface area contributed by atoms with E-state index in [1.807, 2.05) is 37.3 Å². The number of guanidine groups is 1. The summed E-state index contributed by atoms with van der Waals surface area (Å²) >= 11 is 0. The molecule has 1 rings (SSSR count). The highest BCUT2D eigenvalue weighted by Crippen LogP contribution is 2.24. The predicted octanol–water partition coefficient (Wildman–Crippen LogP) is 2.73. The van der Waals surface area contributed by atoms with E-state index < -0.39 is 0 Å². The molecule has 0 bridgehead atoms. The molecule has 0 atom stereocenters. The molecule has 0 radical (unpaired) electrons. The number of hydroxylamine groups is 2. The Hall–Kier alpha value is -2.47. The van der Waals surface area contributed by atoms with Gasteiger partial charge in [-0.1, -0.05) is 12.7 Å². The number of ether oxygens (including phenoxy) is 2. The van der Waals surface area contributed by atoms with Gasteiger partial charge in [0, 0.05) is 25.2 Å². The highest BCUT2D eigenvalue weighted by atomic mass is 16.7. The van der Waals surface area contributed by atoms with Crippen molar-refractivity contribution >= 4 is 5.96 Å². The Labute approximate surface area is 138 Å². The van der Waals surface area contributed by atoms with Gasteiger partial charge in [0.25, 0.3) is 0 Å². The van der Waals surface area contributed by atoms with Gasteiger partial charge in [-0.3, -0.25) is 4.84 Å². The smallest absolute Gasteiger partial charge is 0.223 e. The van der Waals surface area contributed by atoms with Crippen molar-refractivity contribution in [3.63, 3.8) is 0 Å². The minimum atomic E-state index is 0.517. The van der Waals surface area contributed by atoms with E-state index in [0.29, 0.717) is 18.2 Å². The van der Waals surface area contributed by atoms with Gasteiger partial charge in [-0.2, -0.15) is 0 Å². The van der Waals surface area contributed by atoms with Crippen LogP contribution in [0, 0.1) is 0 Å².